The van der Waals surface area contributed by atoms with Crippen LogP contribution in [-0.2, 0) is 6.54 Å². The van der Waals surface area contributed by atoms with Crippen LogP contribution in [0.3, 0.4) is 0 Å². The topological polar surface area (TPSA) is 61.1 Å². The Bertz CT molecular complexity index is 612. The summed E-state index contributed by atoms with van der Waals surface area (Å²) in [6.45, 7) is 2.64. The zero-order valence-electron chi connectivity index (χ0n) is 9.54. The second-order valence-corrected chi connectivity index (χ2v) is 4.04. The highest BCUT2D eigenvalue weighted by molar-refractivity contribution is 5.39. The average molecular weight is 227 g/mol. The number of nitrogens with zero attached hydrogens (tertiary/aromatic N) is 4. The fourth-order valence-electron chi connectivity index (χ4n) is 1.91. The van der Waals surface area contributed by atoms with Crippen molar-refractivity contribution in [3.8, 4) is 0 Å². The maximum absolute atomic E-state index is 5.80. The highest BCUT2D eigenvalue weighted by atomic mass is 15.2. The van der Waals surface area contributed by atoms with E-state index in [1.807, 2.05) is 46.5 Å². The minimum Gasteiger partial charge on any atom is -0.369 e. The van der Waals surface area contributed by atoms with Gasteiger partial charge in [-0.15, -0.1) is 0 Å². The molecule has 5 heteroatoms. The van der Waals surface area contributed by atoms with Gasteiger partial charge in [-0.25, -0.2) is 9.97 Å². The molecule has 0 aliphatic heterocycles. The van der Waals surface area contributed by atoms with Crippen molar-refractivity contribution < 1.29 is 0 Å². The lowest BCUT2D eigenvalue weighted by Gasteiger charge is -2.03. The zero-order chi connectivity index (χ0) is 11.8. The first-order valence-electron chi connectivity index (χ1n) is 5.44. The monoisotopic (exact) mass is 227 g/mol. The number of imidazole rings is 2. The van der Waals surface area contributed by atoms with Gasteiger partial charge in [0.05, 0.1) is 18.4 Å². The quantitative estimate of drug-likeness (QED) is 0.721. The summed E-state index contributed by atoms with van der Waals surface area (Å²) in [4.78, 5) is 8.60. The fourth-order valence-corrected chi connectivity index (χ4v) is 1.91. The van der Waals surface area contributed by atoms with Crippen LogP contribution in [0.25, 0.3) is 5.65 Å². The van der Waals surface area contributed by atoms with Gasteiger partial charge in [0.1, 0.15) is 5.65 Å². The van der Waals surface area contributed by atoms with Crippen molar-refractivity contribution in [2.75, 3.05) is 5.73 Å². The molecule has 0 saturated carbocycles. The molecule has 5 nitrogen and oxygen atoms in total. The molecule has 0 radical (unpaired) electrons. The molecule has 0 aliphatic rings. The van der Waals surface area contributed by atoms with Gasteiger partial charge in [0.2, 0.25) is 5.95 Å². The number of aryl methyl sites for hydroxylation is 1. The Morgan fingerprint density at radius 3 is 2.94 bits per heavy atom. The molecule has 0 atom stereocenters. The third-order valence-corrected chi connectivity index (χ3v) is 2.82. The number of hydrogen-bond donors (Lipinski definition) is 1. The Hall–Kier alpha value is -2.30. The normalized spacial score (nSPS) is 11.1. The molecule has 2 N–H and O–H groups in total. The van der Waals surface area contributed by atoms with Crippen LogP contribution < -0.4 is 5.73 Å². The minimum absolute atomic E-state index is 0.527. The largest absolute Gasteiger partial charge is 0.369 e. The minimum atomic E-state index is 0.527. The van der Waals surface area contributed by atoms with Crippen LogP contribution in [0.5, 0.6) is 0 Å². The first-order chi connectivity index (χ1) is 8.24. The van der Waals surface area contributed by atoms with E-state index < -0.39 is 0 Å². The lowest BCUT2D eigenvalue weighted by atomic mass is 10.4. The van der Waals surface area contributed by atoms with Crippen molar-refractivity contribution in [1.29, 1.82) is 0 Å². The molecular weight excluding hydrogens is 214 g/mol. The molecule has 3 heterocycles. The molecule has 0 spiro atoms. The zero-order valence-corrected chi connectivity index (χ0v) is 9.54. The summed E-state index contributed by atoms with van der Waals surface area (Å²) >= 11 is 0. The summed E-state index contributed by atoms with van der Waals surface area (Å²) in [5, 5.41) is 0. The number of pyridine rings is 1. The first kappa shape index (κ1) is 9.89. The van der Waals surface area contributed by atoms with E-state index in [1.165, 1.54) is 0 Å². The predicted octanol–water partition coefficient (Wildman–Crippen LogP) is 1.47. The van der Waals surface area contributed by atoms with Crippen molar-refractivity contribution in [3.63, 3.8) is 0 Å². The Balaban J connectivity index is 2.00. The second kappa shape index (κ2) is 3.62. The van der Waals surface area contributed by atoms with E-state index in [0.29, 0.717) is 12.5 Å². The molecule has 0 unspecified atom stereocenters. The Kier molecular flexibility index (Phi) is 2.11. The molecule has 86 valence electrons. The van der Waals surface area contributed by atoms with Crippen LogP contribution in [0.2, 0.25) is 0 Å². The molecule has 0 fully saturated rings. The van der Waals surface area contributed by atoms with Gasteiger partial charge in [-0.1, -0.05) is 6.07 Å². The molecule has 0 aliphatic carbocycles. The maximum Gasteiger partial charge on any atom is 0.200 e. The standard InChI is InChI=1S/C12H13N5/c1-9-6-14-12(13)17(9)8-10-7-16-5-3-2-4-11(16)15-10/h2-7H,8H2,1H3,(H2,13,14). The molecule has 0 bridgehead atoms. The number of aromatic nitrogens is 4. The Morgan fingerprint density at radius 2 is 2.24 bits per heavy atom. The maximum atomic E-state index is 5.80. The lowest BCUT2D eigenvalue weighted by molar-refractivity contribution is 0.766. The number of rotatable bonds is 2. The molecule has 17 heavy (non-hydrogen) atoms. The van der Waals surface area contributed by atoms with Crippen LogP contribution in [0.15, 0.2) is 36.8 Å². The summed E-state index contributed by atoms with van der Waals surface area (Å²) in [7, 11) is 0. The van der Waals surface area contributed by atoms with E-state index in [-0.39, 0.29) is 0 Å². The van der Waals surface area contributed by atoms with Gasteiger partial charge < -0.3 is 14.7 Å². The Morgan fingerprint density at radius 1 is 1.35 bits per heavy atom. The van der Waals surface area contributed by atoms with E-state index in [1.54, 1.807) is 6.20 Å². The van der Waals surface area contributed by atoms with E-state index in [2.05, 4.69) is 9.97 Å². The third-order valence-electron chi connectivity index (χ3n) is 2.82. The van der Waals surface area contributed by atoms with Crippen molar-refractivity contribution in [2.24, 2.45) is 0 Å². The molecule has 3 aromatic heterocycles. The van der Waals surface area contributed by atoms with E-state index in [9.17, 15) is 0 Å². The summed E-state index contributed by atoms with van der Waals surface area (Å²) in [5.41, 5.74) is 8.76. The molecule has 3 aromatic rings. The lowest BCUT2D eigenvalue weighted by Crippen LogP contribution is -2.06. The average Bonchev–Trinajstić information content (AvgIpc) is 2.87. The van der Waals surface area contributed by atoms with Crippen molar-refractivity contribution in [3.05, 3.63) is 48.2 Å². The van der Waals surface area contributed by atoms with Gasteiger partial charge >= 0.3 is 0 Å². The van der Waals surface area contributed by atoms with Gasteiger partial charge in [-0.05, 0) is 19.1 Å². The highest BCUT2D eigenvalue weighted by Crippen LogP contribution is 2.11. The highest BCUT2D eigenvalue weighted by Gasteiger charge is 2.06. The van der Waals surface area contributed by atoms with Crippen molar-refractivity contribution in [2.45, 2.75) is 13.5 Å². The summed E-state index contributed by atoms with van der Waals surface area (Å²) in [6.07, 6.45) is 5.76. The smallest absolute Gasteiger partial charge is 0.200 e. The Labute approximate surface area is 98.5 Å². The fraction of sp³-hybridized carbons (Fsp3) is 0.167. The van der Waals surface area contributed by atoms with Crippen LogP contribution in [0.1, 0.15) is 11.4 Å². The van der Waals surface area contributed by atoms with Crippen molar-refractivity contribution >= 4 is 11.6 Å². The van der Waals surface area contributed by atoms with Gasteiger partial charge in [-0.2, -0.15) is 0 Å². The van der Waals surface area contributed by atoms with Crippen LogP contribution in [-0.4, -0.2) is 18.9 Å². The van der Waals surface area contributed by atoms with Crippen LogP contribution >= 0.6 is 0 Å². The van der Waals surface area contributed by atoms with E-state index in [4.69, 9.17) is 5.73 Å². The number of nitrogens with two attached hydrogens (primary N) is 1. The molecule has 0 amide bonds. The van der Waals surface area contributed by atoms with E-state index >= 15 is 0 Å². The van der Waals surface area contributed by atoms with Gasteiger partial charge in [-0.3, -0.25) is 0 Å². The van der Waals surface area contributed by atoms with Gasteiger partial charge in [0, 0.05) is 18.1 Å². The first-order valence-corrected chi connectivity index (χ1v) is 5.44. The van der Waals surface area contributed by atoms with Gasteiger partial charge in [0.15, 0.2) is 0 Å². The second-order valence-electron chi connectivity index (χ2n) is 4.04. The summed E-state index contributed by atoms with van der Waals surface area (Å²) < 4.78 is 3.94. The molecule has 0 aromatic carbocycles. The number of fused-ring (bicyclic) bond motifs is 1. The van der Waals surface area contributed by atoms with E-state index in [0.717, 1.165) is 17.0 Å². The number of hydrogen-bond acceptors (Lipinski definition) is 3. The number of nitrogen functional groups attached to an aromatic ring is 1. The van der Waals surface area contributed by atoms with Crippen LogP contribution in [0, 0.1) is 6.92 Å². The summed E-state index contributed by atoms with van der Waals surface area (Å²) in [6, 6.07) is 5.94. The predicted molar refractivity (Wildman–Crippen MR) is 65.7 cm³/mol. The molecule has 3 rings (SSSR count). The summed E-state index contributed by atoms with van der Waals surface area (Å²) in [5.74, 6) is 0.527. The van der Waals surface area contributed by atoms with Gasteiger partial charge in [0.25, 0.3) is 0 Å². The third kappa shape index (κ3) is 1.65. The molecule has 0 saturated heterocycles. The van der Waals surface area contributed by atoms with Crippen LogP contribution in [0.4, 0.5) is 5.95 Å². The SMILES string of the molecule is Cc1cnc(N)n1Cc1cn2ccccc2n1. The number of anilines is 1. The van der Waals surface area contributed by atoms with Crippen molar-refractivity contribution in [1.82, 2.24) is 18.9 Å². The molecular formula is C12H13N5.